The van der Waals surface area contributed by atoms with Crippen LogP contribution in [0.5, 0.6) is 0 Å². The van der Waals surface area contributed by atoms with E-state index >= 15 is 0 Å². The van der Waals surface area contributed by atoms with Crippen LogP contribution in [0, 0.1) is 0 Å². The van der Waals surface area contributed by atoms with E-state index < -0.39 is 0 Å². The molecule has 78 valence electrons. The van der Waals surface area contributed by atoms with Gasteiger partial charge in [0.25, 0.3) is 0 Å². The van der Waals surface area contributed by atoms with Crippen molar-refractivity contribution < 1.29 is 0 Å². The van der Waals surface area contributed by atoms with E-state index in [0.29, 0.717) is 0 Å². The fourth-order valence-electron chi connectivity index (χ4n) is 1.63. The summed E-state index contributed by atoms with van der Waals surface area (Å²) in [6.45, 7) is 0. The monoisotopic (exact) mass is 226 g/mol. The number of fused-ring (bicyclic) bond motifs is 1. The maximum Gasteiger partial charge on any atom is 0.0625 e. The van der Waals surface area contributed by atoms with Crippen molar-refractivity contribution in [2.75, 3.05) is 0 Å². The van der Waals surface area contributed by atoms with Crippen molar-refractivity contribution in [1.82, 2.24) is 8.96 Å². The van der Waals surface area contributed by atoms with Gasteiger partial charge in [0.05, 0.1) is 5.52 Å². The van der Waals surface area contributed by atoms with Gasteiger partial charge in [-0.3, -0.25) is 8.96 Å². The SMILES string of the molecule is c1ccc(Sn2ccc3cnccc32)cc1. The first-order valence-corrected chi connectivity index (χ1v) is 5.85. The number of rotatable bonds is 2. The molecule has 0 atom stereocenters. The minimum Gasteiger partial charge on any atom is -0.287 e. The van der Waals surface area contributed by atoms with E-state index in [1.54, 1.807) is 11.9 Å². The zero-order valence-corrected chi connectivity index (χ0v) is 9.39. The van der Waals surface area contributed by atoms with Crippen LogP contribution in [0.15, 0.2) is 66.0 Å². The third-order valence-electron chi connectivity index (χ3n) is 2.40. The summed E-state index contributed by atoms with van der Waals surface area (Å²) in [6, 6.07) is 14.5. The molecule has 0 fully saturated rings. The number of pyridine rings is 1. The minimum atomic E-state index is 1.17. The Hall–Kier alpha value is -1.74. The topological polar surface area (TPSA) is 17.8 Å². The fourth-order valence-corrected chi connectivity index (χ4v) is 2.52. The lowest BCUT2D eigenvalue weighted by atomic mass is 10.3. The molecule has 0 N–H and O–H groups in total. The molecular formula is C13H10N2S. The Bertz CT molecular complexity index is 601. The highest BCUT2D eigenvalue weighted by Crippen LogP contribution is 2.25. The van der Waals surface area contributed by atoms with E-state index in [1.807, 2.05) is 24.5 Å². The van der Waals surface area contributed by atoms with Crippen LogP contribution in [0.2, 0.25) is 0 Å². The highest BCUT2D eigenvalue weighted by molar-refractivity contribution is 7.98. The van der Waals surface area contributed by atoms with Gasteiger partial charge in [0.15, 0.2) is 0 Å². The van der Waals surface area contributed by atoms with E-state index in [1.165, 1.54) is 15.8 Å². The maximum absolute atomic E-state index is 4.11. The first-order chi connectivity index (χ1) is 7.93. The van der Waals surface area contributed by atoms with Crippen molar-refractivity contribution in [3.63, 3.8) is 0 Å². The Morgan fingerprint density at radius 1 is 1.00 bits per heavy atom. The second-order valence-corrected chi connectivity index (χ2v) is 4.53. The molecule has 0 unspecified atom stereocenters. The van der Waals surface area contributed by atoms with Crippen LogP contribution >= 0.6 is 11.9 Å². The van der Waals surface area contributed by atoms with Gasteiger partial charge in [-0.15, -0.1) is 0 Å². The Kier molecular flexibility index (Phi) is 2.38. The quantitative estimate of drug-likeness (QED) is 0.664. The number of hydrogen-bond donors (Lipinski definition) is 0. The zero-order valence-electron chi connectivity index (χ0n) is 8.58. The third kappa shape index (κ3) is 1.70. The molecular weight excluding hydrogens is 216 g/mol. The standard InChI is InChI=1S/C13H10N2S/c1-2-4-12(5-3-1)16-15-9-7-11-10-14-8-6-13(11)15/h1-10H. The Morgan fingerprint density at radius 2 is 1.88 bits per heavy atom. The lowest BCUT2D eigenvalue weighted by molar-refractivity contribution is 1.30. The summed E-state index contributed by atoms with van der Waals surface area (Å²) >= 11 is 1.71. The number of hydrogen-bond acceptors (Lipinski definition) is 2. The smallest absolute Gasteiger partial charge is 0.0625 e. The molecule has 0 aliphatic carbocycles. The van der Waals surface area contributed by atoms with Crippen LogP contribution in [0.25, 0.3) is 10.9 Å². The molecule has 0 radical (unpaired) electrons. The molecule has 0 saturated heterocycles. The summed E-state index contributed by atoms with van der Waals surface area (Å²) in [5.74, 6) is 0. The fraction of sp³-hybridized carbons (Fsp3) is 0. The largest absolute Gasteiger partial charge is 0.287 e. The van der Waals surface area contributed by atoms with Crippen molar-refractivity contribution in [2.45, 2.75) is 4.90 Å². The molecule has 0 aliphatic heterocycles. The number of nitrogens with zero attached hydrogens (tertiary/aromatic N) is 2. The van der Waals surface area contributed by atoms with Gasteiger partial charge >= 0.3 is 0 Å². The van der Waals surface area contributed by atoms with Crippen LogP contribution in [0.1, 0.15) is 0 Å². The highest BCUT2D eigenvalue weighted by atomic mass is 32.2. The molecule has 16 heavy (non-hydrogen) atoms. The zero-order chi connectivity index (χ0) is 10.8. The normalized spacial score (nSPS) is 10.8. The van der Waals surface area contributed by atoms with Crippen LogP contribution in [-0.4, -0.2) is 8.96 Å². The van der Waals surface area contributed by atoms with Crippen molar-refractivity contribution in [3.05, 3.63) is 61.1 Å². The van der Waals surface area contributed by atoms with E-state index in [4.69, 9.17) is 0 Å². The van der Waals surface area contributed by atoms with E-state index in [0.717, 1.165) is 0 Å². The summed E-state index contributed by atoms with van der Waals surface area (Å²) in [6.07, 6.45) is 5.78. The molecule has 3 aromatic rings. The molecule has 2 aromatic heterocycles. The molecule has 1 aromatic carbocycles. The summed E-state index contributed by atoms with van der Waals surface area (Å²) in [5, 5.41) is 1.17. The second kappa shape index (κ2) is 4.02. The molecule has 2 nitrogen and oxygen atoms in total. The molecule has 0 bridgehead atoms. The van der Waals surface area contributed by atoms with Gasteiger partial charge < -0.3 is 0 Å². The van der Waals surface area contributed by atoms with Gasteiger partial charge in [-0.25, -0.2) is 0 Å². The Balaban J connectivity index is 2.01. The highest BCUT2D eigenvalue weighted by Gasteiger charge is 2.01. The van der Waals surface area contributed by atoms with E-state index in [9.17, 15) is 0 Å². The molecule has 0 saturated carbocycles. The average Bonchev–Trinajstić information content (AvgIpc) is 2.74. The molecule has 0 amide bonds. The summed E-state index contributed by atoms with van der Waals surface area (Å²) in [4.78, 5) is 5.34. The third-order valence-corrected chi connectivity index (χ3v) is 3.40. The van der Waals surface area contributed by atoms with Crippen LogP contribution < -0.4 is 0 Å². The predicted octanol–water partition coefficient (Wildman–Crippen LogP) is 3.59. The molecule has 2 heterocycles. The van der Waals surface area contributed by atoms with Crippen molar-refractivity contribution in [1.29, 1.82) is 0 Å². The first-order valence-electron chi connectivity index (χ1n) is 5.08. The van der Waals surface area contributed by atoms with Gasteiger partial charge in [-0.1, -0.05) is 18.2 Å². The van der Waals surface area contributed by atoms with Crippen molar-refractivity contribution >= 4 is 22.9 Å². The van der Waals surface area contributed by atoms with Gasteiger partial charge in [-0.2, -0.15) is 0 Å². The van der Waals surface area contributed by atoms with Crippen LogP contribution in [0.4, 0.5) is 0 Å². The van der Waals surface area contributed by atoms with E-state index in [-0.39, 0.29) is 0 Å². The summed E-state index contributed by atoms with van der Waals surface area (Å²) in [7, 11) is 0. The number of aromatic nitrogens is 2. The molecule has 3 heteroatoms. The second-order valence-electron chi connectivity index (χ2n) is 3.48. The van der Waals surface area contributed by atoms with Gasteiger partial charge in [-0.05, 0) is 36.2 Å². The van der Waals surface area contributed by atoms with Gasteiger partial charge in [0.1, 0.15) is 0 Å². The lowest BCUT2D eigenvalue weighted by Crippen LogP contribution is -1.83. The van der Waals surface area contributed by atoms with Crippen molar-refractivity contribution in [2.24, 2.45) is 0 Å². The lowest BCUT2D eigenvalue weighted by Gasteiger charge is -2.03. The Labute approximate surface area is 98.1 Å². The average molecular weight is 226 g/mol. The van der Waals surface area contributed by atoms with Crippen LogP contribution in [-0.2, 0) is 0 Å². The van der Waals surface area contributed by atoms with Gasteiger partial charge in [0, 0.05) is 28.9 Å². The molecule has 0 aliphatic rings. The predicted molar refractivity (Wildman–Crippen MR) is 67.4 cm³/mol. The first kappa shape index (κ1) is 9.48. The van der Waals surface area contributed by atoms with Gasteiger partial charge in [0.2, 0.25) is 0 Å². The maximum atomic E-state index is 4.11. The Morgan fingerprint density at radius 3 is 2.75 bits per heavy atom. The summed E-state index contributed by atoms with van der Waals surface area (Å²) in [5.41, 5.74) is 1.20. The number of benzene rings is 1. The molecule has 0 spiro atoms. The minimum absolute atomic E-state index is 1.17. The van der Waals surface area contributed by atoms with E-state index in [2.05, 4.69) is 45.5 Å². The van der Waals surface area contributed by atoms with Crippen molar-refractivity contribution in [3.8, 4) is 0 Å². The summed E-state index contributed by atoms with van der Waals surface area (Å²) < 4.78 is 2.16. The molecule has 3 rings (SSSR count). The van der Waals surface area contributed by atoms with Crippen LogP contribution in [0.3, 0.4) is 0 Å².